The minimum absolute atomic E-state index is 0.0354. The highest BCUT2D eigenvalue weighted by molar-refractivity contribution is 7.94. The monoisotopic (exact) mass is 251 g/mol. The number of hydrogen-bond donors (Lipinski definition) is 0. The summed E-state index contributed by atoms with van der Waals surface area (Å²) in [5.74, 6) is 0.189. The van der Waals surface area contributed by atoms with Gasteiger partial charge in [0.05, 0.1) is 11.8 Å². The molecule has 0 saturated heterocycles. The molecule has 0 N–H and O–H groups in total. The van der Waals surface area contributed by atoms with E-state index in [0.717, 1.165) is 12.2 Å². The van der Waals surface area contributed by atoms with Crippen molar-refractivity contribution in [2.75, 3.05) is 17.2 Å². The standard InChI is InChI=1S/C13H17NO2S/c1-3-14(12-6-4-5-11(2)9-12)13-7-8-17(15,16)10-13/h4-9,13H,3,10H2,1-2H3/t13-/m1/s1. The fourth-order valence-corrected chi connectivity index (χ4v) is 3.47. The third-order valence-corrected chi connectivity index (χ3v) is 4.36. The molecule has 17 heavy (non-hydrogen) atoms. The molecule has 1 heterocycles. The van der Waals surface area contributed by atoms with E-state index < -0.39 is 9.84 Å². The molecule has 0 radical (unpaired) electrons. The lowest BCUT2D eigenvalue weighted by atomic mass is 10.1. The topological polar surface area (TPSA) is 37.4 Å². The summed E-state index contributed by atoms with van der Waals surface area (Å²) in [5.41, 5.74) is 2.27. The van der Waals surface area contributed by atoms with Gasteiger partial charge in [-0.25, -0.2) is 8.42 Å². The average Bonchev–Trinajstić information content (AvgIpc) is 2.60. The second-order valence-electron chi connectivity index (χ2n) is 4.35. The molecule has 1 aromatic rings. The normalized spacial score (nSPS) is 21.6. The van der Waals surface area contributed by atoms with E-state index in [4.69, 9.17) is 0 Å². The Morgan fingerprint density at radius 1 is 1.41 bits per heavy atom. The Labute approximate surface area is 103 Å². The van der Waals surface area contributed by atoms with Gasteiger partial charge < -0.3 is 4.90 Å². The zero-order valence-corrected chi connectivity index (χ0v) is 10.9. The zero-order chi connectivity index (χ0) is 12.5. The number of hydrogen-bond acceptors (Lipinski definition) is 3. The zero-order valence-electron chi connectivity index (χ0n) is 10.1. The molecule has 0 unspecified atom stereocenters. The van der Waals surface area contributed by atoms with Crippen LogP contribution < -0.4 is 4.90 Å². The molecule has 1 atom stereocenters. The molecule has 0 spiro atoms. The fourth-order valence-electron chi connectivity index (χ4n) is 2.17. The van der Waals surface area contributed by atoms with Crippen molar-refractivity contribution in [2.24, 2.45) is 0 Å². The van der Waals surface area contributed by atoms with Crippen LogP contribution in [-0.2, 0) is 9.84 Å². The smallest absolute Gasteiger partial charge is 0.173 e. The predicted octanol–water partition coefficient (Wildman–Crippen LogP) is 2.13. The molecule has 0 bridgehead atoms. The molecule has 1 aliphatic heterocycles. The molecule has 0 aliphatic carbocycles. The first-order chi connectivity index (χ1) is 8.02. The second kappa shape index (κ2) is 4.53. The molecule has 1 aliphatic rings. The summed E-state index contributed by atoms with van der Waals surface area (Å²) < 4.78 is 22.9. The fraction of sp³-hybridized carbons (Fsp3) is 0.385. The van der Waals surface area contributed by atoms with Crippen LogP contribution in [-0.4, -0.2) is 26.8 Å². The van der Waals surface area contributed by atoms with Crippen LogP contribution in [0.15, 0.2) is 35.7 Å². The molecule has 92 valence electrons. The maximum Gasteiger partial charge on any atom is 0.173 e. The van der Waals surface area contributed by atoms with E-state index in [1.807, 2.05) is 32.0 Å². The number of rotatable bonds is 3. The van der Waals surface area contributed by atoms with E-state index in [1.54, 1.807) is 6.08 Å². The summed E-state index contributed by atoms with van der Waals surface area (Å²) in [5, 5.41) is 1.33. The van der Waals surface area contributed by atoms with Gasteiger partial charge in [0.2, 0.25) is 0 Å². The average molecular weight is 251 g/mol. The Hall–Kier alpha value is -1.29. The Morgan fingerprint density at radius 2 is 2.18 bits per heavy atom. The van der Waals surface area contributed by atoms with Crippen LogP contribution in [0.5, 0.6) is 0 Å². The van der Waals surface area contributed by atoms with Gasteiger partial charge in [-0.3, -0.25) is 0 Å². The third kappa shape index (κ3) is 2.69. The highest BCUT2D eigenvalue weighted by atomic mass is 32.2. The summed E-state index contributed by atoms with van der Waals surface area (Å²) in [6.45, 7) is 4.88. The summed E-state index contributed by atoms with van der Waals surface area (Å²) in [6.07, 6.45) is 1.78. The first kappa shape index (κ1) is 12.2. The van der Waals surface area contributed by atoms with Crippen molar-refractivity contribution >= 4 is 15.5 Å². The van der Waals surface area contributed by atoms with Crippen LogP contribution in [0.25, 0.3) is 0 Å². The summed E-state index contributed by atoms with van der Waals surface area (Å²) in [7, 11) is -2.99. The minimum Gasteiger partial charge on any atom is -0.364 e. The number of sulfone groups is 1. The van der Waals surface area contributed by atoms with Crippen molar-refractivity contribution in [3.63, 3.8) is 0 Å². The van der Waals surface area contributed by atoms with Gasteiger partial charge in [-0.05, 0) is 37.6 Å². The van der Waals surface area contributed by atoms with Crippen molar-refractivity contribution in [1.82, 2.24) is 0 Å². The number of nitrogens with zero attached hydrogens (tertiary/aromatic N) is 1. The SMILES string of the molecule is CCN(c1cccc(C)c1)[C@@H]1C=CS(=O)(=O)C1. The van der Waals surface area contributed by atoms with Gasteiger partial charge >= 0.3 is 0 Å². The molecule has 3 nitrogen and oxygen atoms in total. The van der Waals surface area contributed by atoms with Crippen molar-refractivity contribution in [3.05, 3.63) is 41.3 Å². The lowest BCUT2D eigenvalue weighted by molar-refractivity contribution is 0.602. The molecular formula is C13H17NO2S. The van der Waals surface area contributed by atoms with Gasteiger partial charge in [0.15, 0.2) is 9.84 Å². The highest BCUT2D eigenvalue weighted by Crippen LogP contribution is 2.22. The summed E-state index contributed by atoms with van der Waals surface area (Å²) in [6, 6.07) is 8.11. The lowest BCUT2D eigenvalue weighted by Gasteiger charge is -2.28. The Kier molecular flexibility index (Phi) is 3.24. The van der Waals surface area contributed by atoms with Gasteiger partial charge in [-0.15, -0.1) is 0 Å². The van der Waals surface area contributed by atoms with Crippen LogP contribution in [0.1, 0.15) is 12.5 Å². The van der Waals surface area contributed by atoms with Gasteiger partial charge in [0, 0.05) is 17.6 Å². The molecule has 0 aromatic heterocycles. The van der Waals surface area contributed by atoms with Gasteiger partial charge in [0.1, 0.15) is 0 Å². The molecular weight excluding hydrogens is 234 g/mol. The van der Waals surface area contributed by atoms with Gasteiger partial charge in [-0.1, -0.05) is 12.1 Å². The molecule has 0 saturated carbocycles. The van der Waals surface area contributed by atoms with Crippen LogP contribution in [0.2, 0.25) is 0 Å². The van der Waals surface area contributed by atoms with Crippen LogP contribution in [0.4, 0.5) is 5.69 Å². The van der Waals surface area contributed by atoms with Crippen molar-refractivity contribution in [3.8, 4) is 0 Å². The molecule has 0 amide bonds. The van der Waals surface area contributed by atoms with Crippen molar-refractivity contribution in [2.45, 2.75) is 19.9 Å². The maximum absolute atomic E-state index is 11.4. The van der Waals surface area contributed by atoms with Crippen molar-refractivity contribution in [1.29, 1.82) is 0 Å². The van der Waals surface area contributed by atoms with Crippen LogP contribution >= 0.6 is 0 Å². The minimum atomic E-state index is -2.99. The second-order valence-corrected chi connectivity index (χ2v) is 6.28. The van der Waals surface area contributed by atoms with Crippen LogP contribution in [0, 0.1) is 6.92 Å². The first-order valence-electron chi connectivity index (χ1n) is 5.76. The molecule has 2 rings (SSSR count). The number of benzene rings is 1. The van der Waals surface area contributed by atoms with E-state index in [0.29, 0.717) is 0 Å². The number of aryl methyl sites for hydroxylation is 1. The lowest BCUT2D eigenvalue weighted by Crippen LogP contribution is -2.35. The Morgan fingerprint density at radius 3 is 2.71 bits per heavy atom. The van der Waals surface area contributed by atoms with E-state index in [-0.39, 0.29) is 11.8 Å². The van der Waals surface area contributed by atoms with E-state index in [1.165, 1.54) is 11.0 Å². The van der Waals surface area contributed by atoms with Crippen molar-refractivity contribution < 1.29 is 8.42 Å². The molecule has 4 heteroatoms. The Balaban J connectivity index is 2.27. The Bertz CT molecular complexity index is 534. The third-order valence-electron chi connectivity index (χ3n) is 2.99. The predicted molar refractivity (Wildman–Crippen MR) is 70.9 cm³/mol. The summed E-state index contributed by atoms with van der Waals surface area (Å²) >= 11 is 0. The highest BCUT2D eigenvalue weighted by Gasteiger charge is 2.26. The quantitative estimate of drug-likeness (QED) is 0.826. The van der Waals surface area contributed by atoms with Gasteiger partial charge in [0.25, 0.3) is 0 Å². The largest absolute Gasteiger partial charge is 0.364 e. The number of anilines is 1. The summed E-state index contributed by atoms with van der Waals surface area (Å²) in [4.78, 5) is 2.12. The van der Waals surface area contributed by atoms with Crippen LogP contribution in [0.3, 0.4) is 0 Å². The number of likely N-dealkylation sites (N-methyl/N-ethyl adjacent to an activating group) is 1. The van der Waals surface area contributed by atoms with E-state index in [2.05, 4.69) is 11.0 Å². The molecule has 1 aromatic carbocycles. The van der Waals surface area contributed by atoms with E-state index in [9.17, 15) is 8.42 Å². The van der Waals surface area contributed by atoms with Gasteiger partial charge in [-0.2, -0.15) is 0 Å². The molecule has 0 fully saturated rings. The maximum atomic E-state index is 11.4. The van der Waals surface area contributed by atoms with E-state index >= 15 is 0 Å². The first-order valence-corrected chi connectivity index (χ1v) is 7.47.